The molecule has 0 aromatic heterocycles. The van der Waals surface area contributed by atoms with Crippen molar-refractivity contribution in [2.75, 3.05) is 25.2 Å². The number of sulfone groups is 1. The molecule has 1 aromatic carbocycles. The van der Waals surface area contributed by atoms with Crippen LogP contribution in [0.3, 0.4) is 0 Å². The number of hydrogen-bond donors (Lipinski definition) is 0. The molecular weight excluding hydrogens is 280 g/mol. The second-order valence-corrected chi connectivity index (χ2v) is 7.15. The Morgan fingerprint density at radius 1 is 1.35 bits per heavy atom. The zero-order chi connectivity index (χ0) is 14.6. The molecule has 1 aliphatic heterocycles. The zero-order valence-corrected chi connectivity index (χ0v) is 12.1. The fourth-order valence-electron chi connectivity index (χ4n) is 2.39. The quantitative estimate of drug-likeness (QED) is 0.766. The number of hydrogen-bond acceptors (Lipinski definition) is 5. The summed E-state index contributed by atoms with van der Waals surface area (Å²) in [4.78, 5) is 11.8. The van der Waals surface area contributed by atoms with Gasteiger partial charge < -0.3 is 9.47 Å². The van der Waals surface area contributed by atoms with Crippen molar-refractivity contribution in [3.63, 3.8) is 0 Å². The summed E-state index contributed by atoms with van der Waals surface area (Å²) in [6.45, 7) is 0.136. The number of esters is 1. The van der Waals surface area contributed by atoms with Crippen molar-refractivity contribution in [3.05, 3.63) is 30.3 Å². The van der Waals surface area contributed by atoms with Crippen molar-refractivity contribution in [3.8, 4) is 5.75 Å². The second-order valence-electron chi connectivity index (χ2n) is 4.92. The Labute approximate surface area is 118 Å². The van der Waals surface area contributed by atoms with Crippen molar-refractivity contribution in [1.82, 2.24) is 0 Å². The molecule has 2 unspecified atom stereocenters. The third-order valence-electron chi connectivity index (χ3n) is 3.51. The number of benzene rings is 1. The van der Waals surface area contributed by atoms with Crippen molar-refractivity contribution in [2.24, 2.45) is 11.8 Å². The van der Waals surface area contributed by atoms with Crippen LogP contribution in [0.5, 0.6) is 5.75 Å². The van der Waals surface area contributed by atoms with Gasteiger partial charge in [-0.15, -0.1) is 0 Å². The largest absolute Gasteiger partial charge is 0.493 e. The first-order valence-electron chi connectivity index (χ1n) is 6.48. The number of para-hydroxylation sites is 1. The first-order valence-corrected chi connectivity index (χ1v) is 8.30. The van der Waals surface area contributed by atoms with Crippen LogP contribution >= 0.6 is 0 Å². The van der Waals surface area contributed by atoms with Crippen LogP contribution in [0.15, 0.2) is 30.3 Å². The van der Waals surface area contributed by atoms with Gasteiger partial charge in [0.25, 0.3) is 0 Å². The first kappa shape index (κ1) is 14.8. The van der Waals surface area contributed by atoms with Crippen LogP contribution in [-0.2, 0) is 19.4 Å². The summed E-state index contributed by atoms with van der Waals surface area (Å²) in [7, 11) is -1.72. The average molecular weight is 298 g/mol. The monoisotopic (exact) mass is 298 g/mol. The molecule has 6 heteroatoms. The van der Waals surface area contributed by atoms with E-state index in [9.17, 15) is 13.2 Å². The first-order chi connectivity index (χ1) is 9.52. The molecule has 1 heterocycles. The summed E-state index contributed by atoms with van der Waals surface area (Å²) in [5, 5.41) is 0. The molecule has 0 spiro atoms. The van der Waals surface area contributed by atoms with E-state index >= 15 is 0 Å². The van der Waals surface area contributed by atoms with Gasteiger partial charge in [0.15, 0.2) is 9.84 Å². The van der Waals surface area contributed by atoms with E-state index in [1.165, 1.54) is 7.11 Å². The second kappa shape index (κ2) is 6.26. The van der Waals surface area contributed by atoms with Gasteiger partial charge in [-0.2, -0.15) is 0 Å². The highest BCUT2D eigenvalue weighted by Crippen LogP contribution is 2.27. The van der Waals surface area contributed by atoms with Gasteiger partial charge >= 0.3 is 5.97 Å². The summed E-state index contributed by atoms with van der Waals surface area (Å²) in [5.41, 5.74) is 0. The topological polar surface area (TPSA) is 69.7 Å². The molecule has 5 nitrogen and oxygen atoms in total. The Hall–Kier alpha value is -1.56. The molecule has 110 valence electrons. The highest BCUT2D eigenvalue weighted by atomic mass is 32.2. The Bertz CT molecular complexity index is 552. The number of carbonyl (C=O) groups excluding carboxylic acids is 1. The Balaban J connectivity index is 2.03. The smallest absolute Gasteiger partial charge is 0.312 e. The lowest BCUT2D eigenvalue weighted by Gasteiger charge is -2.20. The van der Waals surface area contributed by atoms with E-state index in [0.717, 1.165) is 0 Å². The van der Waals surface area contributed by atoms with E-state index in [1.807, 2.05) is 18.2 Å². The molecule has 2 atom stereocenters. The molecule has 0 amide bonds. The van der Waals surface area contributed by atoms with E-state index in [-0.39, 0.29) is 24.0 Å². The van der Waals surface area contributed by atoms with Crippen molar-refractivity contribution in [1.29, 1.82) is 0 Å². The van der Waals surface area contributed by atoms with Crippen molar-refractivity contribution in [2.45, 2.75) is 6.42 Å². The molecular formula is C14H18O5S. The van der Waals surface area contributed by atoms with Gasteiger partial charge in [-0.3, -0.25) is 4.79 Å². The maximum absolute atomic E-state index is 11.8. The molecule has 1 saturated heterocycles. The van der Waals surface area contributed by atoms with Crippen molar-refractivity contribution >= 4 is 15.8 Å². The number of ether oxygens (including phenoxy) is 2. The van der Waals surface area contributed by atoms with Crippen LogP contribution in [0.4, 0.5) is 0 Å². The predicted octanol–water partition coefficient (Wildman–Crippen LogP) is 1.29. The molecule has 1 aliphatic rings. The van der Waals surface area contributed by atoms with Crippen molar-refractivity contribution < 1.29 is 22.7 Å². The normalized spacial score (nSPS) is 22.1. The number of carbonyl (C=O) groups is 1. The van der Waals surface area contributed by atoms with Gasteiger partial charge in [0.1, 0.15) is 12.4 Å². The Morgan fingerprint density at radius 3 is 2.60 bits per heavy atom. The molecule has 0 N–H and O–H groups in total. The van der Waals surface area contributed by atoms with Gasteiger partial charge in [-0.1, -0.05) is 18.2 Å². The Kier molecular flexibility index (Phi) is 4.65. The lowest BCUT2D eigenvalue weighted by Crippen LogP contribution is -2.31. The lowest BCUT2D eigenvalue weighted by molar-refractivity contribution is -0.148. The molecule has 1 aromatic rings. The van der Waals surface area contributed by atoms with Crippen LogP contribution in [0.2, 0.25) is 0 Å². The third-order valence-corrected chi connectivity index (χ3v) is 5.31. The third kappa shape index (κ3) is 3.72. The predicted molar refractivity (Wildman–Crippen MR) is 74.2 cm³/mol. The fraction of sp³-hybridized carbons (Fsp3) is 0.500. The fourth-order valence-corrected chi connectivity index (χ4v) is 4.27. The highest BCUT2D eigenvalue weighted by molar-refractivity contribution is 7.91. The van der Waals surface area contributed by atoms with E-state index in [4.69, 9.17) is 9.47 Å². The van der Waals surface area contributed by atoms with E-state index in [0.29, 0.717) is 12.2 Å². The maximum Gasteiger partial charge on any atom is 0.312 e. The van der Waals surface area contributed by atoms with E-state index in [2.05, 4.69) is 0 Å². The van der Waals surface area contributed by atoms with Gasteiger partial charge in [-0.25, -0.2) is 8.42 Å². The standard InChI is InChI=1S/C14H18O5S/c1-18-14(15)13(11-7-8-20(16,17)10-11)9-19-12-5-3-2-4-6-12/h2-6,11,13H,7-10H2,1H3. The molecule has 20 heavy (non-hydrogen) atoms. The minimum Gasteiger partial charge on any atom is -0.493 e. The van der Waals surface area contributed by atoms with Crippen LogP contribution in [0.1, 0.15) is 6.42 Å². The minimum absolute atomic E-state index is 0.0327. The van der Waals surface area contributed by atoms with Crippen LogP contribution in [0, 0.1) is 11.8 Å². The molecule has 2 rings (SSSR count). The van der Waals surface area contributed by atoms with Crippen LogP contribution in [-0.4, -0.2) is 39.6 Å². The van der Waals surface area contributed by atoms with E-state index in [1.54, 1.807) is 12.1 Å². The van der Waals surface area contributed by atoms with Gasteiger partial charge in [0, 0.05) is 0 Å². The molecule has 0 saturated carbocycles. The van der Waals surface area contributed by atoms with Crippen LogP contribution in [0.25, 0.3) is 0 Å². The van der Waals surface area contributed by atoms with Crippen LogP contribution < -0.4 is 4.74 Å². The number of rotatable bonds is 5. The van der Waals surface area contributed by atoms with Gasteiger partial charge in [-0.05, 0) is 24.5 Å². The highest BCUT2D eigenvalue weighted by Gasteiger charge is 2.38. The van der Waals surface area contributed by atoms with Gasteiger partial charge in [0.2, 0.25) is 0 Å². The average Bonchev–Trinajstić information content (AvgIpc) is 2.80. The minimum atomic E-state index is -3.03. The summed E-state index contributed by atoms with van der Waals surface area (Å²) in [5.74, 6) is -0.361. The summed E-state index contributed by atoms with van der Waals surface area (Å²) < 4.78 is 33.4. The lowest BCUT2D eigenvalue weighted by atomic mass is 9.92. The SMILES string of the molecule is COC(=O)C(COc1ccccc1)C1CCS(=O)(=O)C1. The summed E-state index contributed by atoms with van der Waals surface area (Å²) in [6, 6.07) is 9.12. The zero-order valence-electron chi connectivity index (χ0n) is 11.3. The maximum atomic E-state index is 11.8. The number of methoxy groups -OCH3 is 1. The molecule has 1 fully saturated rings. The van der Waals surface area contributed by atoms with E-state index < -0.39 is 21.7 Å². The molecule has 0 bridgehead atoms. The summed E-state index contributed by atoms with van der Waals surface area (Å²) in [6.07, 6.45) is 0.486. The summed E-state index contributed by atoms with van der Waals surface area (Å²) >= 11 is 0. The Morgan fingerprint density at radius 2 is 2.05 bits per heavy atom. The van der Waals surface area contributed by atoms with Gasteiger partial charge in [0.05, 0.1) is 24.5 Å². The molecule has 0 aliphatic carbocycles. The molecule has 0 radical (unpaired) electrons.